The van der Waals surface area contributed by atoms with Gasteiger partial charge in [-0.1, -0.05) is 55.5 Å². The predicted molar refractivity (Wildman–Crippen MR) is 103 cm³/mol. The van der Waals surface area contributed by atoms with Crippen LogP contribution in [0.2, 0.25) is 0 Å². The summed E-state index contributed by atoms with van der Waals surface area (Å²) in [6.45, 7) is 5.37. The second-order valence-corrected chi connectivity index (χ2v) is 6.92. The Morgan fingerprint density at radius 3 is 2.69 bits per heavy atom. The lowest BCUT2D eigenvalue weighted by Gasteiger charge is -2.17. The Bertz CT molecular complexity index is 887. The maximum atomic E-state index is 12.5. The Labute approximate surface area is 153 Å². The molecule has 3 rings (SSSR count). The van der Waals surface area contributed by atoms with Crippen LogP contribution in [0.15, 0.2) is 48.7 Å². The van der Waals surface area contributed by atoms with Crippen LogP contribution in [0.25, 0.3) is 10.8 Å². The fraction of sp³-hybridized carbons (Fsp3) is 0.350. The van der Waals surface area contributed by atoms with Gasteiger partial charge in [0.25, 0.3) is 5.91 Å². The Hall–Kier alpha value is -2.73. The van der Waals surface area contributed by atoms with Crippen LogP contribution in [0.4, 0.5) is 0 Å². The molecular formula is C20H25N5O. The number of hydrogen-bond acceptors (Lipinski definition) is 4. The first kappa shape index (κ1) is 18.1. The molecule has 0 fully saturated rings. The van der Waals surface area contributed by atoms with Crippen molar-refractivity contribution in [1.82, 2.24) is 20.3 Å². The molecule has 0 spiro atoms. The summed E-state index contributed by atoms with van der Waals surface area (Å²) in [6.07, 6.45) is 2.68. The topological polar surface area (TPSA) is 85.8 Å². The molecule has 6 nitrogen and oxygen atoms in total. The lowest BCUT2D eigenvalue weighted by Crippen LogP contribution is -2.33. The molecule has 0 aliphatic rings. The Balaban J connectivity index is 1.71. The van der Waals surface area contributed by atoms with Gasteiger partial charge in [-0.3, -0.25) is 9.48 Å². The molecule has 136 valence electrons. The highest BCUT2D eigenvalue weighted by Gasteiger charge is 2.17. The number of aromatic nitrogens is 3. The average Bonchev–Trinajstić information content (AvgIpc) is 3.13. The van der Waals surface area contributed by atoms with Crippen LogP contribution in [-0.2, 0) is 6.54 Å². The molecule has 3 N–H and O–H groups in total. The van der Waals surface area contributed by atoms with Crippen molar-refractivity contribution in [3.8, 4) is 0 Å². The van der Waals surface area contributed by atoms with E-state index in [1.54, 1.807) is 10.9 Å². The summed E-state index contributed by atoms with van der Waals surface area (Å²) in [7, 11) is 0. The van der Waals surface area contributed by atoms with Crippen molar-refractivity contribution in [3.63, 3.8) is 0 Å². The zero-order chi connectivity index (χ0) is 18.5. The molecule has 1 atom stereocenters. The maximum Gasteiger partial charge on any atom is 0.273 e. The summed E-state index contributed by atoms with van der Waals surface area (Å²) in [6, 6.07) is 13.9. The first-order valence-corrected chi connectivity index (χ1v) is 8.96. The van der Waals surface area contributed by atoms with Crippen LogP contribution >= 0.6 is 0 Å². The summed E-state index contributed by atoms with van der Waals surface area (Å²) >= 11 is 0. The van der Waals surface area contributed by atoms with Crippen molar-refractivity contribution in [2.75, 3.05) is 6.54 Å². The predicted octanol–water partition coefficient (Wildman–Crippen LogP) is 2.91. The van der Waals surface area contributed by atoms with E-state index in [2.05, 4.69) is 47.7 Å². The number of nitrogens with one attached hydrogen (secondary N) is 1. The number of rotatable bonds is 7. The second-order valence-electron chi connectivity index (χ2n) is 6.92. The van der Waals surface area contributed by atoms with Gasteiger partial charge in [-0.25, -0.2) is 0 Å². The van der Waals surface area contributed by atoms with Gasteiger partial charge in [0.2, 0.25) is 0 Å². The highest BCUT2D eigenvalue weighted by Crippen LogP contribution is 2.20. The normalized spacial score (nSPS) is 12.5. The third kappa shape index (κ3) is 4.26. The Morgan fingerprint density at radius 1 is 1.19 bits per heavy atom. The Morgan fingerprint density at radius 2 is 1.96 bits per heavy atom. The molecule has 0 bridgehead atoms. The summed E-state index contributed by atoms with van der Waals surface area (Å²) in [5, 5.41) is 13.3. The van der Waals surface area contributed by atoms with E-state index in [1.807, 2.05) is 24.3 Å². The fourth-order valence-electron chi connectivity index (χ4n) is 2.84. The lowest BCUT2D eigenvalue weighted by molar-refractivity contribution is 0.0932. The van der Waals surface area contributed by atoms with E-state index in [9.17, 15) is 4.79 Å². The van der Waals surface area contributed by atoms with Gasteiger partial charge in [0.15, 0.2) is 5.69 Å². The molecular weight excluding hydrogens is 326 g/mol. The quantitative estimate of drug-likeness (QED) is 0.685. The van der Waals surface area contributed by atoms with E-state index in [0.717, 1.165) is 29.3 Å². The van der Waals surface area contributed by atoms with Crippen LogP contribution < -0.4 is 11.1 Å². The average molecular weight is 351 g/mol. The summed E-state index contributed by atoms with van der Waals surface area (Å²) < 4.78 is 1.71. The molecule has 0 aliphatic carbocycles. The third-order valence-electron chi connectivity index (χ3n) is 4.42. The summed E-state index contributed by atoms with van der Waals surface area (Å²) in [5.74, 6) is 0.315. The molecule has 1 aromatic heterocycles. The number of hydrogen-bond donors (Lipinski definition) is 2. The largest absolute Gasteiger partial charge is 0.343 e. The molecule has 26 heavy (non-hydrogen) atoms. The number of carbonyl (C=O) groups is 1. The van der Waals surface area contributed by atoms with Crippen molar-refractivity contribution in [3.05, 3.63) is 59.9 Å². The van der Waals surface area contributed by atoms with E-state index < -0.39 is 0 Å². The van der Waals surface area contributed by atoms with E-state index in [1.165, 1.54) is 0 Å². The number of carbonyl (C=O) groups excluding carboxylic acids is 1. The first-order chi connectivity index (χ1) is 12.6. The molecule has 6 heteroatoms. The number of nitrogens with two attached hydrogens (primary N) is 1. The van der Waals surface area contributed by atoms with Crippen LogP contribution in [-0.4, -0.2) is 27.4 Å². The monoisotopic (exact) mass is 351 g/mol. The van der Waals surface area contributed by atoms with E-state index in [4.69, 9.17) is 5.73 Å². The van der Waals surface area contributed by atoms with Crippen molar-refractivity contribution in [2.24, 2.45) is 11.7 Å². The zero-order valence-corrected chi connectivity index (χ0v) is 15.2. The standard InChI is InChI=1S/C20H25N5O/c1-14(2)9-10-25-13-19(23-24-25)20(26)22-18(12-21)17-8-7-15-5-3-4-6-16(15)11-17/h3-8,11,13-14,18H,9-10,12,21H2,1-2H3,(H,22,26). The fourth-order valence-corrected chi connectivity index (χ4v) is 2.84. The highest BCUT2D eigenvalue weighted by atomic mass is 16.2. The van der Waals surface area contributed by atoms with Crippen LogP contribution in [0, 0.1) is 5.92 Å². The lowest BCUT2D eigenvalue weighted by atomic mass is 10.0. The van der Waals surface area contributed by atoms with Gasteiger partial charge in [-0.05, 0) is 34.7 Å². The number of nitrogens with zero attached hydrogens (tertiary/aromatic N) is 3. The minimum atomic E-state index is -0.270. The van der Waals surface area contributed by atoms with Gasteiger partial charge < -0.3 is 11.1 Å². The van der Waals surface area contributed by atoms with Crippen LogP contribution in [0.1, 0.15) is 42.4 Å². The van der Waals surface area contributed by atoms with Gasteiger partial charge >= 0.3 is 0 Å². The van der Waals surface area contributed by atoms with E-state index in [-0.39, 0.29) is 11.9 Å². The SMILES string of the molecule is CC(C)CCn1cc(C(=O)NC(CN)c2ccc3ccccc3c2)nn1. The minimum Gasteiger partial charge on any atom is -0.343 e. The number of aryl methyl sites for hydroxylation is 1. The summed E-state index contributed by atoms with van der Waals surface area (Å²) in [5.41, 5.74) is 7.20. The zero-order valence-electron chi connectivity index (χ0n) is 15.2. The van der Waals surface area contributed by atoms with Crippen molar-refractivity contribution in [2.45, 2.75) is 32.9 Å². The maximum absolute atomic E-state index is 12.5. The van der Waals surface area contributed by atoms with Crippen LogP contribution in [0.5, 0.6) is 0 Å². The molecule has 0 saturated carbocycles. The van der Waals surface area contributed by atoms with Crippen molar-refractivity contribution in [1.29, 1.82) is 0 Å². The van der Waals surface area contributed by atoms with E-state index in [0.29, 0.717) is 18.2 Å². The molecule has 3 aromatic rings. The molecule has 1 amide bonds. The van der Waals surface area contributed by atoms with Gasteiger partial charge in [0.05, 0.1) is 12.2 Å². The smallest absolute Gasteiger partial charge is 0.273 e. The first-order valence-electron chi connectivity index (χ1n) is 8.96. The van der Waals surface area contributed by atoms with Gasteiger partial charge in [-0.2, -0.15) is 0 Å². The van der Waals surface area contributed by atoms with Gasteiger partial charge in [0, 0.05) is 13.1 Å². The third-order valence-corrected chi connectivity index (χ3v) is 4.42. The highest BCUT2D eigenvalue weighted by molar-refractivity contribution is 5.92. The minimum absolute atomic E-state index is 0.260. The molecule has 2 aromatic carbocycles. The number of benzene rings is 2. The summed E-state index contributed by atoms with van der Waals surface area (Å²) in [4.78, 5) is 12.5. The van der Waals surface area contributed by atoms with Crippen molar-refractivity contribution >= 4 is 16.7 Å². The second kappa shape index (κ2) is 8.10. The molecule has 1 unspecified atom stereocenters. The Kier molecular flexibility index (Phi) is 5.63. The number of fused-ring (bicyclic) bond motifs is 1. The van der Waals surface area contributed by atoms with Crippen molar-refractivity contribution < 1.29 is 4.79 Å². The number of amides is 1. The van der Waals surface area contributed by atoms with Crippen LogP contribution in [0.3, 0.4) is 0 Å². The molecule has 1 heterocycles. The molecule has 0 aliphatic heterocycles. The van der Waals surface area contributed by atoms with Gasteiger partial charge in [0.1, 0.15) is 0 Å². The van der Waals surface area contributed by atoms with Gasteiger partial charge in [-0.15, -0.1) is 5.10 Å². The van der Waals surface area contributed by atoms with E-state index >= 15 is 0 Å². The molecule has 0 radical (unpaired) electrons. The molecule has 0 saturated heterocycles.